The van der Waals surface area contributed by atoms with E-state index in [-0.39, 0.29) is 0 Å². The third kappa shape index (κ3) is 2.93. The second-order valence-corrected chi connectivity index (χ2v) is 8.47. The molecule has 2 rings (SSSR count). The van der Waals surface area contributed by atoms with Crippen molar-refractivity contribution in [1.29, 1.82) is 0 Å². The summed E-state index contributed by atoms with van der Waals surface area (Å²) in [4.78, 5) is 0. The van der Waals surface area contributed by atoms with Crippen molar-refractivity contribution in [3.63, 3.8) is 0 Å². The first-order chi connectivity index (χ1) is 10.2. The number of allylic oxidation sites excluding steroid dienone is 3. The molecule has 2 aliphatic carbocycles. The third-order valence-corrected chi connectivity index (χ3v) is 7.22. The largest absolute Gasteiger partial charge is 0.246 e. The first-order valence-electron chi connectivity index (χ1n) is 9.16. The molecule has 6 atom stereocenters. The van der Waals surface area contributed by atoms with Crippen molar-refractivity contribution in [2.75, 3.05) is 0 Å². The normalized spacial score (nSPS) is 34.3. The second-order valence-electron chi connectivity index (χ2n) is 8.47. The van der Waals surface area contributed by atoms with Gasteiger partial charge in [-0.2, -0.15) is 0 Å². The van der Waals surface area contributed by atoms with Crippen LogP contribution in [0.2, 0.25) is 0 Å². The lowest BCUT2D eigenvalue weighted by atomic mass is 9.61. The van der Waals surface area contributed by atoms with E-state index in [1.807, 2.05) is 6.92 Å². The SMILES string of the molecule is C=C(CCC1CC2CCC(C)C12)C(C)(C(C)=C(C)C)C(C)F. The molecule has 0 N–H and O–H groups in total. The van der Waals surface area contributed by atoms with Crippen molar-refractivity contribution in [2.45, 2.75) is 79.8 Å². The van der Waals surface area contributed by atoms with Crippen molar-refractivity contribution >= 4 is 0 Å². The van der Waals surface area contributed by atoms with Crippen LogP contribution < -0.4 is 0 Å². The summed E-state index contributed by atoms with van der Waals surface area (Å²) in [6.07, 6.45) is 5.58. The Morgan fingerprint density at radius 2 is 1.91 bits per heavy atom. The molecule has 0 heterocycles. The second kappa shape index (κ2) is 6.49. The van der Waals surface area contributed by atoms with Gasteiger partial charge in [0.1, 0.15) is 6.17 Å². The predicted octanol–water partition coefficient (Wildman–Crippen LogP) is 6.73. The zero-order valence-electron chi connectivity index (χ0n) is 15.5. The minimum absolute atomic E-state index is 0.497. The molecule has 0 radical (unpaired) electrons. The highest BCUT2D eigenvalue weighted by Crippen LogP contribution is 2.56. The van der Waals surface area contributed by atoms with Crippen LogP contribution in [0.4, 0.5) is 4.39 Å². The summed E-state index contributed by atoms with van der Waals surface area (Å²) in [6.45, 7) is 16.7. The number of fused-ring (bicyclic) bond motifs is 1. The number of halogens is 1. The molecule has 0 aromatic carbocycles. The van der Waals surface area contributed by atoms with Crippen molar-refractivity contribution in [2.24, 2.45) is 29.1 Å². The fourth-order valence-corrected chi connectivity index (χ4v) is 5.09. The molecule has 0 aromatic rings. The zero-order chi connectivity index (χ0) is 16.7. The van der Waals surface area contributed by atoms with E-state index in [4.69, 9.17) is 0 Å². The molecule has 0 nitrogen and oxygen atoms in total. The first-order valence-corrected chi connectivity index (χ1v) is 9.16. The van der Waals surface area contributed by atoms with Crippen LogP contribution in [-0.2, 0) is 0 Å². The van der Waals surface area contributed by atoms with Gasteiger partial charge in [-0.25, -0.2) is 4.39 Å². The average Bonchev–Trinajstić information content (AvgIpc) is 2.70. The lowest BCUT2D eigenvalue weighted by Gasteiger charge is -2.44. The Morgan fingerprint density at radius 3 is 2.41 bits per heavy atom. The van der Waals surface area contributed by atoms with Crippen LogP contribution in [0.1, 0.15) is 73.6 Å². The van der Waals surface area contributed by atoms with Gasteiger partial charge in [0.2, 0.25) is 0 Å². The standard InChI is InChI=1S/C21H35F/c1-13(2)16(5)21(7,17(6)22)15(4)9-11-19-12-18-10-8-14(3)20(18)19/h14,17-20H,4,8-12H2,1-3,5-7H3. The third-order valence-electron chi connectivity index (χ3n) is 7.22. The summed E-state index contributed by atoms with van der Waals surface area (Å²) in [7, 11) is 0. The average molecular weight is 307 g/mol. The molecule has 2 saturated carbocycles. The van der Waals surface area contributed by atoms with Gasteiger partial charge < -0.3 is 0 Å². The molecule has 0 aromatic heterocycles. The van der Waals surface area contributed by atoms with Gasteiger partial charge in [0.15, 0.2) is 0 Å². The van der Waals surface area contributed by atoms with E-state index in [9.17, 15) is 4.39 Å². The Morgan fingerprint density at radius 1 is 1.27 bits per heavy atom. The maximum Gasteiger partial charge on any atom is 0.110 e. The van der Waals surface area contributed by atoms with Crippen LogP contribution in [0, 0.1) is 29.1 Å². The Bertz CT molecular complexity index is 449. The maximum absolute atomic E-state index is 14.4. The van der Waals surface area contributed by atoms with Gasteiger partial charge in [0.05, 0.1) is 0 Å². The topological polar surface area (TPSA) is 0 Å². The lowest BCUT2D eigenvalue weighted by molar-refractivity contribution is 0.0649. The number of alkyl halides is 1. The van der Waals surface area contributed by atoms with Gasteiger partial charge in [-0.05, 0) is 84.0 Å². The molecule has 22 heavy (non-hydrogen) atoms. The molecule has 0 bridgehead atoms. The molecule has 0 amide bonds. The van der Waals surface area contributed by atoms with E-state index in [1.54, 1.807) is 6.92 Å². The van der Waals surface area contributed by atoms with Crippen molar-refractivity contribution in [3.8, 4) is 0 Å². The summed E-state index contributed by atoms with van der Waals surface area (Å²) >= 11 is 0. The fraction of sp³-hybridized carbons (Fsp3) is 0.810. The van der Waals surface area contributed by atoms with Gasteiger partial charge in [-0.3, -0.25) is 0 Å². The summed E-state index contributed by atoms with van der Waals surface area (Å²) in [5.41, 5.74) is 2.98. The molecule has 0 spiro atoms. The number of hydrogen-bond acceptors (Lipinski definition) is 0. The van der Waals surface area contributed by atoms with Gasteiger partial charge in [0, 0.05) is 5.41 Å². The summed E-state index contributed by atoms with van der Waals surface area (Å²) < 4.78 is 14.4. The predicted molar refractivity (Wildman–Crippen MR) is 94.6 cm³/mol. The molecule has 2 aliphatic rings. The Balaban J connectivity index is 2.00. The van der Waals surface area contributed by atoms with Gasteiger partial charge >= 0.3 is 0 Å². The van der Waals surface area contributed by atoms with Crippen LogP contribution in [-0.4, -0.2) is 6.17 Å². The molecular weight excluding hydrogens is 271 g/mol. The smallest absolute Gasteiger partial charge is 0.110 e. The van der Waals surface area contributed by atoms with Crippen LogP contribution in [0.15, 0.2) is 23.3 Å². The van der Waals surface area contributed by atoms with Crippen molar-refractivity contribution in [1.82, 2.24) is 0 Å². The number of hydrogen-bond donors (Lipinski definition) is 0. The number of rotatable bonds is 6. The highest BCUT2D eigenvalue weighted by atomic mass is 19.1. The molecule has 0 aliphatic heterocycles. The summed E-state index contributed by atoms with van der Waals surface area (Å²) in [5, 5.41) is 0. The van der Waals surface area contributed by atoms with Crippen molar-refractivity contribution in [3.05, 3.63) is 23.3 Å². The molecule has 6 unspecified atom stereocenters. The monoisotopic (exact) mass is 306 g/mol. The molecule has 1 heteroatoms. The van der Waals surface area contributed by atoms with Gasteiger partial charge in [-0.1, -0.05) is 36.6 Å². The quantitative estimate of drug-likeness (QED) is 0.477. The Hall–Kier alpha value is -0.590. The Kier molecular flexibility index (Phi) is 5.24. The van der Waals surface area contributed by atoms with E-state index in [0.717, 1.165) is 41.2 Å². The van der Waals surface area contributed by atoms with E-state index < -0.39 is 11.6 Å². The zero-order valence-corrected chi connectivity index (χ0v) is 15.5. The highest BCUT2D eigenvalue weighted by Gasteiger charge is 2.47. The van der Waals surface area contributed by atoms with Crippen LogP contribution in [0.3, 0.4) is 0 Å². The highest BCUT2D eigenvalue weighted by molar-refractivity contribution is 5.30. The fourth-order valence-electron chi connectivity index (χ4n) is 5.09. The molecule has 0 saturated heterocycles. The maximum atomic E-state index is 14.4. The van der Waals surface area contributed by atoms with Crippen LogP contribution in [0.5, 0.6) is 0 Å². The van der Waals surface area contributed by atoms with E-state index in [0.29, 0.717) is 0 Å². The van der Waals surface area contributed by atoms with Crippen molar-refractivity contribution < 1.29 is 4.39 Å². The van der Waals surface area contributed by atoms with Gasteiger partial charge in [-0.15, -0.1) is 0 Å². The molecule has 2 fully saturated rings. The Labute approximate surface area is 137 Å². The lowest BCUT2D eigenvalue weighted by Crippen LogP contribution is -2.36. The minimum atomic E-state index is -0.880. The van der Waals surface area contributed by atoms with Gasteiger partial charge in [0.25, 0.3) is 0 Å². The first kappa shape index (κ1) is 17.8. The van der Waals surface area contributed by atoms with E-state index in [2.05, 4.69) is 34.3 Å². The minimum Gasteiger partial charge on any atom is -0.246 e. The van der Waals surface area contributed by atoms with Crippen LogP contribution >= 0.6 is 0 Å². The molecule has 126 valence electrons. The summed E-state index contributed by atoms with van der Waals surface area (Å²) in [6, 6.07) is 0. The van der Waals surface area contributed by atoms with E-state index >= 15 is 0 Å². The van der Waals surface area contributed by atoms with Crippen LogP contribution in [0.25, 0.3) is 0 Å². The summed E-state index contributed by atoms with van der Waals surface area (Å²) in [5.74, 6) is 3.72. The molecular formula is C21H35F. The van der Waals surface area contributed by atoms with E-state index in [1.165, 1.54) is 31.3 Å².